The molecule has 0 fully saturated rings. The molecule has 0 heterocycles. The van der Waals surface area contributed by atoms with Crippen molar-refractivity contribution < 1.29 is 13.6 Å². The van der Waals surface area contributed by atoms with Gasteiger partial charge < -0.3 is 0 Å². The van der Waals surface area contributed by atoms with Crippen LogP contribution in [0, 0.1) is 0 Å². The van der Waals surface area contributed by atoms with E-state index in [-0.39, 0.29) is 0 Å². The standard InChI is InChI=1S/C14H16BO3P/c1-2-16-19(15,17-13-9-5-3-6-10-13)18-14-11-7-4-8-12-14/h2-12,19H,1,15H2. The van der Waals surface area contributed by atoms with Crippen LogP contribution in [0.3, 0.4) is 0 Å². The van der Waals surface area contributed by atoms with Gasteiger partial charge in [-0.3, -0.25) is 0 Å². The monoisotopic (exact) mass is 274 g/mol. The van der Waals surface area contributed by atoms with Crippen molar-refractivity contribution in [1.29, 1.82) is 0 Å². The van der Waals surface area contributed by atoms with E-state index in [0.29, 0.717) is 0 Å². The molecule has 0 N–H and O–H groups in total. The molecule has 0 saturated heterocycles. The normalized spacial score (nSPS) is 11.4. The zero-order valence-electron chi connectivity index (χ0n) is 10.8. The number of hydrogen-bond acceptors (Lipinski definition) is 3. The van der Waals surface area contributed by atoms with Gasteiger partial charge in [-0.25, -0.2) is 0 Å². The summed E-state index contributed by atoms with van der Waals surface area (Å²) in [6, 6.07) is 18.9. The van der Waals surface area contributed by atoms with Crippen molar-refractivity contribution >= 4 is 15.4 Å². The number of hydrogen-bond donors (Lipinski definition) is 0. The molecule has 0 amide bonds. The Bertz CT molecular complexity index is 477. The molecule has 0 aliphatic carbocycles. The second-order valence-electron chi connectivity index (χ2n) is 3.98. The molecule has 98 valence electrons. The van der Waals surface area contributed by atoms with E-state index in [9.17, 15) is 0 Å². The van der Waals surface area contributed by atoms with Crippen molar-refractivity contribution in [2.75, 3.05) is 0 Å². The Kier molecular flexibility index (Phi) is 4.48. The van der Waals surface area contributed by atoms with Crippen molar-refractivity contribution in [3.05, 3.63) is 73.5 Å². The fourth-order valence-corrected chi connectivity index (χ4v) is 3.19. The molecule has 19 heavy (non-hydrogen) atoms. The first-order chi connectivity index (χ1) is 9.22. The third-order valence-electron chi connectivity index (χ3n) is 2.39. The van der Waals surface area contributed by atoms with Gasteiger partial charge in [0.1, 0.15) is 0 Å². The quantitative estimate of drug-likeness (QED) is 0.459. The third-order valence-corrected chi connectivity index (χ3v) is 4.20. The third kappa shape index (κ3) is 4.04. The maximum atomic E-state index is 5.87. The summed E-state index contributed by atoms with van der Waals surface area (Å²) >= 11 is 0. The molecule has 0 aromatic heterocycles. The topological polar surface area (TPSA) is 27.7 Å². The van der Waals surface area contributed by atoms with E-state index >= 15 is 0 Å². The van der Waals surface area contributed by atoms with E-state index in [1.165, 1.54) is 6.26 Å². The summed E-state index contributed by atoms with van der Waals surface area (Å²) in [6.45, 7) is 3.58. The van der Waals surface area contributed by atoms with Crippen LogP contribution in [0.4, 0.5) is 0 Å². The van der Waals surface area contributed by atoms with Crippen LogP contribution in [-0.2, 0) is 4.52 Å². The SMILES string of the molecule is B[PH](OC=C)(Oc1ccccc1)Oc1ccccc1. The van der Waals surface area contributed by atoms with Gasteiger partial charge in [0.05, 0.1) is 0 Å². The van der Waals surface area contributed by atoms with Crippen LogP contribution in [0.25, 0.3) is 0 Å². The van der Waals surface area contributed by atoms with Gasteiger partial charge in [0.15, 0.2) is 0 Å². The van der Waals surface area contributed by atoms with Gasteiger partial charge in [-0.2, -0.15) is 0 Å². The summed E-state index contributed by atoms with van der Waals surface area (Å²) in [5.74, 6) is 1.43. The van der Waals surface area contributed by atoms with E-state index in [1.54, 1.807) is 0 Å². The first kappa shape index (κ1) is 13.5. The minimum absolute atomic E-state index is 0.717. The number of rotatable bonds is 6. The minimum atomic E-state index is -2.85. The Hall–Kier alpha value is -1.93. The molecule has 2 rings (SSSR count). The predicted molar refractivity (Wildman–Crippen MR) is 82.3 cm³/mol. The summed E-state index contributed by atoms with van der Waals surface area (Å²) in [5, 5.41) is 0. The molecule has 0 atom stereocenters. The summed E-state index contributed by atoms with van der Waals surface area (Å²) in [4.78, 5) is 0. The first-order valence-electron chi connectivity index (χ1n) is 5.99. The van der Waals surface area contributed by atoms with Crippen molar-refractivity contribution in [3.63, 3.8) is 0 Å². The maximum absolute atomic E-state index is 5.87. The molecule has 0 aliphatic rings. The Balaban J connectivity index is 2.15. The molecular formula is C14H16BO3P. The van der Waals surface area contributed by atoms with E-state index in [1.807, 2.05) is 68.2 Å². The van der Waals surface area contributed by atoms with Crippen molar-refractivity contribution in [3.8, 4) is 11.5 Å². The Morgan fingerprint density at radius 3 is 1.63 bits per heavy atom. The summed E-state index contributed by atoms with van der Waals surface area (Å²) in [7, 11) is -1.02. The Morgan fingerprint density at radius 1 is 0.842 bits per heavy atom. The van der Waals surface area contributed by atoms with Crippen LogP contribution in [0.1, 0.15) is 0 Å². The average molecular weight is 274 g/mol. The molecular weight excluding hydrogens is 258 g/mol. The van der Waals surface area contributed by atoms with Crippen LogP contribution >= 0.6 is 7.82 Å². The van der Waals surface area contributed by atoms with Crippen LogP contribution in [0.5, 0.6) is 11.5 Å². The molecule has 0 spiro atoms. The van der Waals surface area contributed by atoms with Crippen molar-refractivity contribution in [1.82, 2.24) is 0 Å². The van der Waals surface area contributed by atoms with Gasteiger partial charge in [-0.15, -0.1) is 0 Å². The zero-order valence-corrected chi connectivity index (χ0v) is 11.8. The Morgan fingerprint density at radius 2 is 1.26 bits per heavy atom. The van der Waals surface area contributed by atoms with Gasteiger partial charge in [-0.1, -0.05) is 0 Å². The molecule has 0 bridgehead atoms. The Labute approximate surface area is 114 Å². The molecule has 0 radical (unpaired) electrons. The molecule has 3 nitrogen and oxygen atoms in total. The molecule has 2 aromatic carbocycles. The summed E-state index contributed by atoms with van der Waals surface area (Å²) in [5.41, 5.74) is 0. The summed E-state index contributed by atoms with van der Waals surface area (Å²) in [6.07, 6.45) is 1.36. The fraction of sp³-hybridized carbons (Fsp3) is 0. The first-order valence-corrected chi connectivity index (χ1v) is 8.21. The van der Waals surface area contributed by atoms with E-state index in [4.69, 9.17) is 13.6 Å². The predicted octanol–water partition coefficient (Wildman–Crippen LogP) is 3.35. The van der Waals surface area contributed by atoms with Crippen LogP contribution < -0.4 is 9.05 Å². The second kappa shape index (κ2) is 6.30. The zero-order chi connectivity index (χ0) is 13.6. The van der Waals surface area contributed by atoms with Crippen molar-refractivity contribution in [2.24, 2.45) is 0 Å². The van der Waals surface area contributed by atoms with Gasteiger partial charge in [-0.05, 0) is 0 Å². The molecule has 0 saturated carbocycles. The van der Waals surface area contributed by atoms with Gasteiger partial charge in [0.25, 0.3) is 0 Å². The summed E-state index contributed by atoms with van der Waals surface area (Å²) < 4.78 is 17.2. The molecule has 0 unspecified atom stereocenters. The van der Waals surface area contributed by atoms with Gasteiger partial charge in [0.2, 0.25) is 0 Å². The number of para-hydroxylation sites is 2. The van der Waals surface area contributed by atoms with E-state index in [0.717, 1.165) is 11.5 Å². The molecule has 5 heteroatoms. The van der Waals surface area contributed by atoms with Crippen molar-refractivity contribution in [2.45, 2.75) is 0 Å². The number of benzene rings is 2. The second-order valence-corrected chi connectivity index (χ2v) is 6.35. The van der Waals surface area contributed by atoms with E-state index < -0.39 is 7.82 Å². The van der Waals surface area contributed by atoms with Gasteiger partial charge >= 0.3 is 114 Å². The van der Waals surface area contributed by atoms with Crippen LogP contribution in [0.2, 0.25) is 0 Å². The van der Waals surface area contributed by atoms with Gasteiger partial charge in [0, 0.05) is 0 Å². The van der Waals surface area contributed by atoms with Crippen LogP contribution in [0.15, 0.2) is 73.5 Å². The fourth-order valence-electron chi connectivity index (χ4n) is 1.63. The van der Waals surface area contributed by atoms with E-state index in [2.05, 4.69) is 6.58 Å². The molecule has 2 aromatic rings. The molecule has 0 aliphatic heterocycles. The van der Waals surface area contributed by atoms with Crippen LogP contribution in [-0.4, -0.2) is 7.57 Å². The average Bonchev–Trinajstić information content (AvgIpc) is 2.41.